The van der Waals surface area contributed by atoms with Crippen LogP contribution in [0.3, 0.4) is 0 Å². The van der Waals surface area contributed by atoms with Crippen molar-refractivity contribution in [2.45, 2.75) is 59.9 Å². The molecule has 3 heteroatoms. The highest BCUT2D eigenvalue weighted by atomic mass is 16.5. The van der Waals surface area contributed by atoms with Crippen molar-refractivity contribution >= 4 is 5.97 Å². The highest BCUT2D eigenvalue weighted by molar-refractivity contribution is 5.75. The maximum absolute atomic E-state index is 11.7. The number of carbonyl (C=O) groups is 1. The van der Waals surface area contributed by atoms with E-state index in [0.29, 0.717) is 12.5 Å². The van der Waals surface area contributed by atoms with Crippen molar-refractivity contribution in [2.24, 2.45) is 11.3 Å². The molecule has 0 bridgehead atoms. The molecular formula is C15H29NO2. The number of piperidine rings is 1. The van der Waals surface area contributed by atoms with Crippen LogP contribution in [-0.2, 0) is 9.53 Å². The lowest BCUT2D eigenvalue weighted by molar-refractivity contribution is -0.155. The van der Waals surface area contributed by atoms with Gasteiger partial charge in [0.2, 0.25) is 0 Å². The van der Waals surface area contributed by atoms with Crippen LogP contribution in [0.2, 0.25) is 0 Å². The largest absolute Gasteiger partial charge is 0.465 e. The van der Waals surface area contributed by atoms with E-state index >= 15 is 0 Å². The highest BCUT2D eigenvalue weighted by Gasteiger charge is 2.29. The summed E-state index contributed by atoms with van der Waals surface area (Å²) in [5, 5.41) is 0. The Morgan fingerprint density at radius 2 is 1.61 bits per heavy atom. The lowest BCUT2D eigenvalue weighted by atomic mass is 9.93. The molecule has 0 atom stereocenters. The molecule has 0 saturated carbocycles. The van der Waals surface area contributed by atoms with Crippen molar-refractivity contribution in [3.8, 4) is 0 Å². The number of esters is 1. The minimum Gasteiger partial charge on any atom is -0.465 e. The highest BCUT2D eigenvalue weighted by Crippen LogP contribution is 2.24. The fourth-order valence-electron chi connectivity index (χ4n) is 2.18. The lowest BCUT2D eigenvalue weighted by Gasteiger charge is -2.40. The standard InChI is InChI=1S/C15H29NO2/c1-14(2,3)13(17)18-11-12-7-9-16(10-8-12)15(4,5)6/h12H,7-11H2,1-6H3. The molecule has 0 unspecified atom stereocenters. The number of hydrogen-bond donors (Lipinski definition) is 0. The van der Waals surface area contributed by atoms with Crippen molar-refractivity contribution in [1.82, 2.24) is 4.90 Å². The molecule has 0 aromatic carbocycles. The molecule has 1 saturated heterocycles. The SMILES string of the molecule is CC(C)(C)C(=O)OCC1CCN(C(C)(C)C)CC1. The molecule has 0 spiro atoms. The predicted molar refractivity (Wildman–Crippen MR) is 74.5 cm³/mol. The van der Waals surface area contributed by atoms with Crippen LogP contribution in [0.1, 0.15) is 54.4 Å². The minimum absolute atomic E-state index is 0.0826. The Hall–Kier alpha value is -0.570. The molecule has 0 aliphatic carbocycles. The summed E-state index contributed by atoms with van der Waals surface area (Å²) in [7, 11) is 0. The van der Waals surface area contributed by atoms with Gasteiger partial charge in [0.15, 0.2) is 0 Å². The van der Waals surface area contributed by atoms with Crippen LogP contribution >= 0.6 is 0 Å². The normalized spacial score (nSPS) is 19.9. The van der Waals surface area contributed by atoms with Gasteiger partial charge < -0.3 is 4.74 Å². The molecule has 0 amide bonds. The zero-order valence-corrected chi connectivity index (χ0v) is 12.9. The van der Waals surface area contributed by atoms with Gasteiger partial charge in [0.25, 0.3) is 0 Å². The summed E-state index contributed by atoms with van der Waals surface area (Å²) in [4.78, 5) is 14.2. The van der Waals surface area contributed by atoms with Crippen LogP contribution < -0.4 is 0 Å². The molecular weight excluding hydrogens is 226 g/mol. The van der Waals surface area contributed by atoms with Crippen molar-refractivity contribution in [3.05, 3.63) is 0 Å². The third kappa shape index (κ3) is 4.60. The first-order chi connectivity index (χ1) is 8.10. The summed E-state index contributed by atoms with van der Waals surface area (Å²) in [6, 6.07) is 0. The van der Waals surface area contributed by atoms with Crippen LogP contribution in [-0.4, -0.2) is 36.1 Å². The zero-order valence-electron chi connectivity index (χ0n) is 12.9. The number of hydrogen-bond acceptors (Lipinski definition) is 3. The van der Waals surface area contributed by atoms with E-state index in [1.54, 1.807) is 0 Å². The van der Waals surface area contributed by atoms with Gasteiger partial charge >= 0.3 is 5.97 Å². The maximum atomic E-state index is 11.7. The Kier molecular flexibility index (Phi) is 4.82. The Balaban J connectivity index is 2.31. The van der Waals surface area contributed by atoms with E-state index in [2.05, 4.69) is 25.7 Å². The third-order valence-electron chi connectivity index (χ3n) is 3.63. The van der Waals surface area contributed by atoms with E-state index in [1.807, 2.05) is 20.8 Å². The van der Waals surface area contributed by atoms with E-state index in [0.717, 1.165) is 25.9 Å². The minimum atomic E-state index is -0.383. The second-order valence-corrected chi connectivity index (χ2v) is 7.45. The molecule has 1 fully saturated rings. The second kappa shape index (κ2) is 5.60. The van der Waals surface area contributed by atoms with Gasteiger partial charge in [0, 0.05) is 5.54 Å². The predicted octanol–water partition coefficient (Wildman–Crippen LogP) is 3.09. The summed E-state index contributed by atoms with van der Waals surface area (Å²) < 4.78 is 5.41. The first-order valence-corrected chi connectivity index (χ1v) is 7.03. The number of carbonyl (C=O) groups excluding carboxylic acids is 1. The Bertz CT molecular complexity index is 278. The average molecular weight is 255 g/mol. The fraction of sp³-hybridized carbons (Fsp3) is 0.933. The second-order valence-electron chi connectivity index (χ2n) is 7.45. The van der Waals surface area contributed by atoms with Gasteiger partial charge in [0.05, 0.1) is 12.0 Å². The van der Waals surface area contributed by atoms with Gasteiger partial charge in [-0.25, -0.2) is 0 Å². The molecule has 1 aliphatic heterocycles. The van der Waals surface area contributed by atoms with Crippen molar-refractivity contribution in [2.75, 3.05) is 19.7 Å². The number of ether oxygens (including phenoxy) is 1. The summed E-state index contributed by atoms with van der Waals surface area (Å²) in [6.07, 6.45) is 2.27. The fourth-order valence-corrected chi connectivity index (χ4v) is 2.18. The molecule has 0 aromatic rings. The van der Waals surface area contributed by atoms with Gasteiger partial charge in [0.1, 0.15) is 0 Å². The first kappa shape index (κ1) is 15.5. The molecule has 3 nitrogen and oxygen atoms in total. The monoisotopic (exact) mass is 255 g/mol. The third-order valence-corrected chi connectivity index (χ3v) is 3.63. The summed E-state index contributed by atoms with van der Waals surface area (Å²) in [5.41, 5.74) is -0.126. The summed E-state index contributed by atoms with van der Waals surface area (Å²) in [6.45, 7) is 15.3. The number of nitrogens with zero attached hydrogens (tertiary/aromatic N) is 1. The van der Waals surface area contributed by atoms with Gasteiger partial charge in [-0.15, -0.1) is 0 Å². The Morgan fingerprint density at radius 3 is 2.00 bits per heavy atom. The van der Waals surface area contributed by atoms with E-state index in [-0.39, 0.29) is 16.9 Å². The summed E-state index contributed by atoms with van der Waals surface area (Å²) >= 11 is 0. The van der Waals surface area contributed by atoms with Crippen LogP contribution in [0.4, 0.5) is 0 Å². The van der Waals surface area contributed by atoms with Crippen molar-refractivity contribution in [3.63, 3.8) is 0 Å². The van der Waals surface area contributed by atoms with Gasteiger partial charge in [-0.2, -0.15) is 0 Å². The topological polar surface area (TPSA) is 29.5 Å². The van der Waals surface area contributed by atoms with Gasteiger partial charge in [-0.05, 0) is 73.4 Å². The van der Waals surface area contributed by atoms with E-state index < -0.39 is 0 Å². The summed E-state index contributed by atoms with van der Waals surface area (Å²) in [5.74, 6) is 0.454. The zero-order chi connectivity index (χ0) is 14.0. The van der Waals surface area contributed by atoms with Gasteiger partial charge in [-0.1, -0.05) is 0 Å². The quantitative estimate of drug-likeness (QED) is 0.710. The maximum Gasteiger partial charge on any atom is 0.311 e. The van der Waals surface area contributed by atoms with Crippen molar-refractivity contribution in [1.29, 1.82) is 0 Å². The first-order valence-electron chi connectivity index (χ1n) is 7.03. The lowest BCUT2D eigenvalue weighted by Crippen LogP contribution is -2.46. The number of rotatable bonds is 2. The van der Waals surface area contributed by atoms with E-state index in [1.165, 1.54) is 0 Å². The van der Waals surface area contributed by atoms with E-state index in [4.69, 9.17) is 4.74 Å². The molecule has 1 heterocycles. The van der Waals surface area contributed by atoms with Crippen LogP contribution in [0.25, 0.3) is 0 Å². The Labute approximate surface area is 112 Å². The van der Waals surface area contributed by atoms with Crippen LogP contribution in [0, 0.1) is 11.3 Å². The van der Waals surface area contributed by atoms with Crippen LogP contribution in [0.15, 0.2) is 0 Å². The molecule has 0 N–H and O–H groups in total. The molecule has 106 valence electrons. The smallest absolute Gasteiger partial charge is 0.311 e. The van der Waals surface area contributed by atoms with Crippen LogP contribution in [0.5, 0.6) is 0 Å². The van der Waals surface area contributed by atoms with E-state index in [9.17, 15) is 4.79 Å². The molecule has 1 aliphatic rings. The van der Waals surface area contributed by atoms with Gasteiger partial charge in [-0.3, -0.25) is 9.69 Å². The number of likely N-dealkylation sites (tertiary alicyclic amines) is 1. The molecule has 18 heavy (non-hydrogen) atoms. The molecule has 0 aromatic heterocycles. The Morgan fingerprint density at radius 1 is 1.11 bits per heavy atom. The molecule has 0 radical (unpaired) electrons. The average Bonchev–Trinajstić information content (AvgIpc) is 2.24. The van der Waals surface area contributed by atoms with Crippen molar-refractivity contribution < 1.29 is 9.53 Å². The molecule has 1 rings (SSSR count).